The van der Waals surface area contributed by atoms with Crippen LogP contribution >= 0.6 is 0 Å². The fourth-order valence-corrected chi connectivity index (χ4v) is 2.20. The lowest BCUT2D eigenvalue weighted by atomic mass is 9.95. The summed E-state index contributed by atoms with van der Waals surface area (Å²) >= 11 is 0. The minimum absolute atomic E-state index is 0.0552. The third-order valence-electron chi connectivity index (χ3n) is 2.95. The number of carboxylic acid groups (broad SMARTS) is 1. The Morgan fingerprint density at radius 1 is 1.29 bits per heavy atom. The highest BCUT2D eigenvalue weighted by Crippen LogP contribution is 2.32. The highest BCUT2D eigenvalue weighted by Gasteiger charge is 2.30. The van der Waals surface area contributed by atoms with E-state index < -0.39 is 18.2 Å². The van der Waals surface area contributed by atoms with Gasteiger partial charge in [-0.05, 0) is 5.56 Å². The monoisotopic (exact) mass is 236 g/mol. The van der Waals surface area contributed by atoms with Crippen molar-refractivity contribution in [3.8, 4) is 0 Å². The summed E-state index contributed by atoms with van der Waals surface area (Å²) in [4.78, 5) is 10.7. The summed E-state index contributed by atoms with van der Waals surface area (Å²) in [5.41, 5.74) is 0.988. The van der Waals surface area contributed by atoms with Crippen molar-refractivity contribution >= 4 is 5.97 Å². The van der Waals surface area contributed by atoms with E-state index in [4.69, 9.17) is 9.84 Å². The number of aliphatic hydroxyl groups excluding tert-OH is 1. The molecule has 17 heavy (non-hydrogen) atoms. The van der Waals surface area contributed by atoms with Gasteiger partial charge in [-0.3, -0.25) is 4.79 Å². The van der Waals surface area contributed by atoms with Crippen LogP contribution in [0.4, 0.5) is 0 Å². The van der Waals surface area contributed by atoms with Crippen LogP contribution < -0.4 is 0 Å². The molecule has 0 amide bonds. The molecule has 2 rings (SSSR count). The molecule has 4 nitrogen and oxygen atoms in total. The highest BCUT2D eigenvalue weighted by molar-refractivity contribution is 5.67. The molecule has 1 aromatic carbocycles. The van der Waals surface area contributed by atoms with Gasteiger partial charge in [0.05, 0.1) is 24.7 Å². The normalized spacial score (nSPS) is 28.9. The van der Waals surface area contributed by atoms with Gasteiger partial charge >= 0.3 is 5.97 Å². The van der Waals surface area contributed by atoms with Crippen LogP contribution in [-0.2, 0) is 9.53 Å². The number of benzene rings is 1. The summed E-state index contributed by atoms with van der Waals surface area (Å²) in [5, 5.41) is 18.5. The minimum Gasteiger partial charge on any atom is -0.481 e. The summed E-state index contributed by atoms with van der Waals surface area (Å²) < 4.78 is 5.71. The van der Waals surface area contributed by atoms with Crippen LogP contribution in [0.15, 0.2) is 30.3 Å². The van der Waals surface area contributed by atoms with E-state index in [1.807, 2.05) is 30.3 Å². The van der Waals surface area contributed by atoms with E-state index in [0.717, 1.165) is 5.56 Å². The molecule has 4 heteroatoms. The van der Waals surface area contributed by atoms with Crippen LogP contribution in [0, 0.1) is 0 Å². The lowest BCUT2D eigenvalue weighted by Gasteiger charge is -2.32. The van der Waals surface area contributed by atoms with Gasteiger partial charge in [-0.25, -0.2) is 0 Å². The van der Waals surface area contributed by atoms with Gasteiger partial charge in [-0.2, -0.15) is 0 Å². The topological polar surface area (TPSA) is 66.8 Å². The van der Waals surface area contributed by atoms with Gasteiger partial charge in [0.25, 0.3) is 0 Å². The van der Waals surface area contributed by atoms with Gasteiger partial charge in [0.1, 0.15) is 0 Å². The van der Waals surface area contributed by atoms with Gasteiger partial charge in [0.2, 0.25) is 0 Å². The Hall–Kier alpha value is -1.39. The van der Waals surface area contributed by atoms with Gasteiger partial charge in [0, 0.05) is 12.8 Å². The van der Waals surface area contributed by atoms with Crippen LogP contribution in [0.2, 0.25) is 0 Å². The van der Waals surface area contributed by atoms with E-state index in [2.05, 4.69) is 0 Å². The molecule has 0 bridgehead atoms. The molecule has 1 saturated heterocycles. The Balaban J connectivity index is 2.06. The summed E-state index contributed by atoms with van der Waals surface area (Å²) in [6.45, 7) is 0. The Morgan fingerprint density at radius 2 is 2.00 bits per heavy atom. The van der Waals surface area contributed by atoms with Crippen molar-refractivity contribution in [2.75, 3.05) is 0 Å². The van der Waals surface area contributed by atoms with Crippen molar-refractivity contribution in [2.24, 2.45) is 0 Å². The van der Waals surface area contributed by atoms with E-state index in [-0.39, 0.29) is 12.5 Å². The second-order valence-corrected chi connectivity index (χ2v) is 4.38. The van der Waals surface area contributed by atoms with Gasteiger partial charge < -0.3 is 14.9 Å². The molecule has 1 fully saturated rings. The molecule has 0 radical (unpaired) electrons. The Kier molecular flexibility index (Phi) is 3.76. The van der Waals surface area contributed by atoms with E-state index in [1.54, 1.807) is 0 Å². The maximum absolute atomic E-state index is 10.7. The predicted octanol–water partition coefficient (Wildman–Crippen LogP) is 1.74. The Labute approximate surface area is 99.8 Å². The average molecular weight is 236 g/mol. The number of aliphatic carboxylic acids is 1. The molecule has 1 heterocycles. The zero-order chi connectivity index (χ0) is 12.3. The van der Waals surface area contributed by atoms with Crippen LogP contribution in [-0.4, -0.2) is 28.4 Å². The number of rotatable bonds is 3. The molecule has 0 spiro atoms. The molecule has 0 aromatic heterocycles. The van der Waals surface area contributed by atoms with Gasteiger partial charge in [-0.15, -0.1) is 0 Å². The Morgan fingerprint density at radius 3 is 2.65 bits per heavy atom. The highest BCUT2D eigenvalue weighted by atomic mass is 16.5. The number of carbonyl (C=O) groups is 1. The number of aliphatic hydroxyl groups is 1. The van der Waals surface area contributed by atoms with Gasteiger partial charge in [-0.1, -0.05) is 30.3 Å². The van der Waals surface area contributed by atoms with Crippen LogP contribution in [0.5, 0.6) is 0 Å². The molecule has 2 N–H and O–H groups in total. The van der Waals surface area contributed by atoms with Crippen LogP contribution in [0.1, 0.15) is 30.9 Å². The maximum Gasteiger partial charge on any atom is 0.305 e. The molecular weight excluding hydrogens is 220 g/mol. The van der Waals surface area contributed by atoms with Gasteiger partial charge in [0.15, 0.2) is 0 Å². The molecule has 0 aliphatic carbocycles. The maximum atomic E-state index is 10.7. The second kappa shape index (κ2) is 5.29. The molecule has 3 atom stereocenters. The molecule has 92 valence electrons. The van der Waals surface area contributed by atoms with Crippen molar-refractivity contribution in [2.45, 2.75) is 37.6 Å². The van der Waals surface area contributed by atoms with Crippen molar-refractivity contribution in [1.82, 2.24) is 0 Å². The molecular formula is C13H16O4. The lowest BCUT2D eigenvalue weighted by Crippen LogP contribution is -2.32. The second-order valence-electron chi connectivity index (χ2n) is 4.38. The molecule has 1 aliphatic heterocycles. The van der Waals surface area contributed by atoms with Crippen LogP contribution in [0.25, 0.3) is 0 Å². The summed E-state index contributed by atoms with van der Waals surface area (Å²) in [7, 11) is 0. The number of ether oxygens (including phenoxy) is 1. The number of hydrogen-bond donors (Lipinski definition) is 2. The predicted molar refractivity (Wildman–Crippen MR) is 61.5 cm³/mol. The quantitative estimate of drug-likeness (QED) is 0.839. The fourth-order valence-electron chi connectivity index (χ4n) is 2.20. The number of hydrogen-bond acceptors (Lipinski definition) is 3. The summed E-state index contributed by atoms with van der Waals surface area (Å²) in [6, 6.07) is 9.59. The largest absolute Gasteiger partial charge is 0.481 e. The third kappa shape index (κ3) is 3.28. The van der Waals surface area contributed by atoms with Crippen molar-refractivity contribution in [1.29, 1.82) is 0 Å². The average Bonchev–Trinajstić information content (AvgIpc) is 2.28. The summed E-state index contributed by atoms with van der Waals surface area (Å²) in [6.07, 6.45) is -0.222. The third-order valence-corrected chi connectivity index (χ3v) is 2.95. The first-order valence-corrected chi connectivity index (χ1v) is 5.75. The zero-order valence-corrected chi connectivity index (χ0v) is 9.45. The van der Waals surface area contributed by atoms with E-state index >= 15 is 0 Å². The fraction of sp³-hybridized carbons (Fsp3) is 0.462. The number of carboxylic acids is 1. The van der Waals surface area contributed by atoms with E-state index in [1.165, 1.54) is 0 Å². The van der Waals surface area contributed by atoms with Crippen molar-refractivity contribution < 1.29 is 19.7 Å². The van der Waals surface area contributed by atoms with E-state index in [9.17, 15) is 9.90 Å². The Bertz CT molecular complexity index is 376. The minimum atomic E-state index is -0.893. The lowest BCUT2D eigenvalue weighted by molar-refractivity contribution is -0.147. The molecule has 1 aromatic rings. The van der Waals surface area contributed by atoms with Crippen molar-refractivity contribution in [3.05, 3.63) is 35.9 Å². The standard InChI is InChI=1S/C13H16O4/c14-10-6-11(8-13(15)16)17-12(7-10)9-4-2-1-3-5-9/h1-5,10-12,14H,6-8H2,(H,15,16)/t10-,11+,12-/m1/s1. The smallest absolute Gasteiger partial charge is 0.305 e. The first kappa shape index (κ1) is 12.1. The van der Waals surface area contributed by atoms with E-state index in [0.29, 0.717) is 12.8 Å². The zero-order valence-electron chi connectivity index (χ0n) is 9.45. The first-order chi connectivity index (χ1) is 8.15. The summed E-state index contributed by atoms with van der Waals surface area (Å²) in [5.74, 6) is -0.893. The SMILES string of the molecule is O=C(O)C[C@@H]1C[C@@H](O)C[C@H](c2ccccc2)O1. The molecule has 0 unspecified atom stereocenters. The van der Waals surface area contributed by atoms with Crippen molar-refractivity contribution in [3.63, 3.8) is 0 Å². The molecule has 0 saturated carbocycles. The first-order valence-electron chi connectivity index (χ1n) is 5.75. The molecule has 1 aliphatic rings. The van der Waals surface area contributed by atoms with Crippen LogP contribution in [0.3, 0.4) is 0 Å².